The number of nitrogens with one attached hydrogen (secondary N) is 2. The Hall–Kier alpha value is -1.55. The Morgan fingerprint density at radius 2 is 2.37 bits per heavy atom. The summed E-state index contributed by atoms with van der Waals surface area (Å²) in [7, 11) is 1.91. The Labute approximate surface area is 114 Å². The molecule has 2 heterocycles. The molecular formula is C15H21N3O. The first-order valence-corrected chi connectivity index (χ1v) is 7.09. The number of benzene rings is 1. The molecule has 0 aromatic heterocycles. The van der Waals surface area contributed by atoms with Gasteiger partial charge in [0.1, 0.15) is 0 Å². The maximum atomic E-state index is 12.1. The van der Waals surface area contributed by atoms with E-state index in [0.717, 1.165) is 48.9 Å². The molecule has 1 aromatic rings. The first-order chi connectivity index (χ1) is 9.28. The van der Waals surface area contributed by atoms with Gasteiger partial charge < -0.3 is 15.5 Å². The second kappa shape index (κ2) is 5.21. The van der Waals surface area contributed by atoms with Gasteiger partial charge in [0.15, 0.2) is 0 Å². The number of rotatable bonds is 4. The van der Waals surface area contributed by atoms with Gasteiger partial charge in [-0.1, -0.05) is 0 Å². The fourth-order valence-corrected chi connectivity index (χ4v) is 3.06. The van der Waals surface area contributed by atoms with E-state index in [1.165, 1.54) is 6.42 Å². The fraction of sp³-hybridized carbons (Fsp3) is 0.533. The molecule has 2 aliphatic heterocycles. The molecule has 102 valence electrons. The molecular weight excluding hydrogens is 238 g/mol. The SMILES string of the molecule is CNc1ccc2c(c1)CC(=O)N2CCC1CCNC1. The van der Waals surface area contributed by atoms with Crippen LogP contribution < -0.4 is 15.5 Å². The van der Waals surface area contributed by atoms with E-state index in [1.54, 1.807) is 0 Å². The number of amides is 1. The van der Waals surface area contributed by atoms with E-state index in [2.05, 4.69) is 22.8 Å². The van der Waals surface area contributed by atoms with Gasteiger partial charge in [0, 0.05) is 25.0 Å². The third-order valence-corrected chi connectivity index (χ3v) is 4.23. The topological polar surface area (TPSA) is 44.4 Å². The smallest absolute Gasteiger partial charge is 0.231 e. The van der Waals surface area contributed by atoms with Crippen molar-refractivity contribution in [3.05, 3.63) is 23.8 Å². The van der Waals surface area contributed by atoms with Gasteiger partial charge in [-0.3, -0.25) is 4.79 Å². The van der Waals surface area contributed by atoms with Gasteiger partial charge in [0.2, 0.25) is 5.91 Å². The van der Waals surface area contributed by atoms with Gasteiger partial charge in [0.25, 0.3) is 0 Å². The minimum Gasteiger partial charge on any atom is -0.388 e. The summed E-state index contributed by atoms with van der Waals surface area (Å²) in [5, 5.41) is 6.51. The molecule has 0 bridgehead atoms. The van der Waals surface area contributed by atoms with Crippen LogP contribution in [0, 0.1) is 5.92 Å². The Kier molecular flexibility index (Phi) is 3.42. The van der Waals surface area contributed by atoms with Crippen LogP contribution in [0.15, 0.2) is 18.2 Å². The maximum absolute atomic E-state index is 12.1. The number of hydrogen-bond donors (Lipinski definition) is 2. The highest BCUT2D eigenvalue weighted by Gasteiger charge is 2.28. The number of nitrogens with zero attached hydrogens (tertiary/aromatic N) is 1. The molecule has 2 aliphatic rings. The van der Waals surface area contributed by atoms with Gasteiger partial charge in [-0.25, -0.2) is 0 Å². The van der Waals surface area contributed by atoms with Gasteiger partial charge in [0.05, 0.1) is 6.42 Å². The number of carbonyl (C=O) groups is 1. The van der Waals surface area contributed by atoms with E-state index < -0.39 is 0 Å². The molecule has 4 nitrogen and oxygen atoms in total. The fourth-order valence-electron chi connectivity index (χ4n) is 3.06. The van der Waals surface area contributed by atoms with Crippen LogP contribution in [0.5, 0.6) is 0 Å². The van der Waals surface area contributed by atoms with E-state index in [0.29, 0.717) is 6.42 Å². The van der Waals surface area contributed by atoms with Gasteiger partial charge in [-0.05, 0) is 55.6 Å². The number of fused-ring (bicyclic) bond motifs is 1. The lowest BCUT2D eigenvalue weighted by Gasteiger charge is -2.19. The summed E-state index contributed by atoms with van der Waals surface area (Å²) >= 11 is 0. The molecule has 0 radical (unpaired) electrons. The van der Waals surface area contributed by atoms with Crippen molar-refractivity contribution in [3.8, 4) is 0 Å². The highest BCUT2D eigenvalue weighted by Crippen LogP contribution is 2.31. The predicted molar refractivity (Wildman–Crippen MR) is 77.6 cm³/mol. The highest BCUT2D eigenvalue weighted by molar-refractivity contribution is 6.01. The summed E-state index contributed by atoms with van der Waals surface area (Å²) in [5.74, 6) is 0.975. The zero-order valence-corrected chi connectivity index (χ0v) is 11.4. The summed E-state index contributed by atoms with van der Waals surface area (Å²) in [6.45, 7) is 3.09. The van der Waals surface area contributed by atoms with Crippen molar-refractivity contribution in [2.75, 3.05) is 36.9 Å². The van der Waals surface area contributed by atoms with Gasteiger partial charge in [-0.2, -0.15) is 0 Å². The Morgan fingerprint density at radius 3 is 3.11 bits per heavy atom. The second-order valence-corrected chi connectivity index (χ2v) is 5.46. The van der Waals surface area contributed by atoms with Crippen molar-refractivity contribution in [1.29, 1.82) is 0 Å². The van der Waals surface area contributed by atoms with Crippen LogP contribution in [-0.2, 0) is 11.2 Å². The van der Waals surface area contributed by atoms with Crippen molar-refractivity contribution in [3.63, 3.8) is 0 Å². The van der Waals surface area contributed by atoms with Crippen LogP contribution in [0.4, 0.5) is 11.4 Å². The third kappa shape index (κ3) is 2.45. The minimum absolute atomic E-state index is 0.245. The molecule has 1 unspecified atom stereocenters. The molecule has 0 saturated carbocycles. The highest BCUT2D eigenvalue weighted by atomic mass is 16.2. The Balaban J connectivity index is 1.71. The molecule has 0 spiro atoms. The van der Waals surface area contributed by atoms with Crippen LogP contribution in [0.25, 0.3) is 0 Å². The van der Waals surface area contributed by atoms with Crippen LogP contribution in [0.1, 0.15) is 18.4 Å². The zero-order valence-electron chi connectivity index (χ0n) is 11.4. The van der Waals surface area contributed by atoms with Gasteiger partial charge in [-0.15, -0.1) is 0 Å². The van der Waals surface area contributed by atoms with Crippen molar-refractivity contribution < 1.29 is 4.79 Å². The Bertz CT molecular complexity index is 480. The first kappa shape index (κ1) is 12.5. The summed E-state index contributed by atoms with van der Waals surface area (Å²) in [5.41, 5.74) is 3.34. The lowest BCUT2D eigenvalue weighted by atomic mass is 10.0. The van der Waals surface area contributed by atoms with Crippen LogP contribution in [0.2, 0.25) is 0 Å². The van der Waals surface area contributed by atoms with Gasteiger partial charge >= 0.3 is 0 Å². The largest absolute Gasteiger partial charge is 0.388 e. The molecule has 2 N–H and O–H groups in total. The van der Waals surface area contributed by atoms with Crippen molar-refractivity contribution in [1.82, 2.24) is 5.32 Å². The lowest BCUT2D eigenvalue weighted by Crippen LogP contribution is -2.29. The summed E-state index contributed by atoms with van der Waals surface area (Å²) < 4.78 is 0. The quantitative estimate of drug-likeness (QED) is 0.863. The van der Waals surface area contributed by atoms with E-state index in [4.69, 9.17) is 0 Å². The van der Waals surface area contributed by atoms with E-state index >= 15 is 0 Å². The molecule has 1 saturated heterocycles. The maximum Gasteiger partial charge on any atom is 0.231 e. The predicted octanol–water partition coefficient (Wildman–Crippen LogP) is 1.62. The molecule has 19 heavy (non-hydrogen) atoms. The molecule has 1 amide bonds. The average molecular weight is 259 g/mol. The number of carbonyl (C=O) groups excluding carboxylic acids is 1. The van der Waals surface area contributed by atoms with Crippen molar-refractivity contribution in [2.45, 2.75) is 19.3 Å². The molecule has 1 atom stereocenters. The van der Waals surface area contributed by atoms with E-state index in [-0.39, 0.29) is 5.91 Å². The normalized spacial score (nSPS) is 21.8. The van der Waals surface area contributed by atoms with Crippen molar-refractivity contribution >= 4 is 17.3 Å². The van der Waals surface area contributed by atoms with Crippen LogP contribution in [-0.4, -0.2) is 32.6 Å². The van der Waals surface area contributed by atoms with E-state index in [9.17, 15) is 4.79 Å². The first-order valence-electron chi connectivity index (χ1n) is 7.09. The lowest BCUT2D eigenvalue weighted by molar-refractivity contribution is -0.117. The molecule has 1 fully saturated rings. The molecule has 4 heteroatoms. The van der Waals surface area contributed by atoms with E-state index in [1.807, 2.05) is 18.0 Å². The molecule has 3 rings (SSSR count). The monoisotopic (exact) mass is 259 g/mol. The Morgan fingerprint density at radius 1 is 1.47 bits per heavy atom. The van der Waals surface area contributed by atoms with Crippen molar-refractivity contribution in [2.24, 2.45) is 5.92 Å². The van der Waals surface area contributed by atoms with Crippen LogP contribution in [0.3, 0.4) is 0 Å². The summed E-state index contributed by atoms with van der Waals surface area (Å²) in [4.78, 5) is 14.1. The number of hydrogen-bond acceptors (Lipinski definition) is 3. The third-order valence-electron chi connectivity index (χ3n) is 4.23. The second-order valence-electron chi connectivity index (χ2n) is 5.46. The summed E-state index contributed by atoms with van der Waals surface area (Å²) in [6, 6.07) is 6.20. The standard InChI is InChI=1S/C15H21N3O/c1-16-13-2-3-14-12(8-13)9-15(19)18(14)7-5-11-4-6-17-10-11/h2-3,8,11,16-17H,4-7,9-10H2,1H3. The average Bonchev–Trinajstić information content (AvgIpc) is 3.02. The van der Waals surface area contributed by atoms with Crippen LogP contribution >= 0.6 is 0 Å². The minimum atomic E-state index is 0.245. The molecule has 0 aliphatic carbocycles. The zero-order chi connectivity index (χ0) is 13.2. The number of anilines is 2. The summed E-state index contributed by atoms with van der Waals surface area (Å²) in [6.07, 6.45) is 2.90. The molecule has 1 aromatic carbocycles.